The van der Waals surface area contributed by atoms with Gasteiger partial charge in [0.25, 0.3) is 0 Å². The van der Waals surface area contributed by atoms with Crippen molar-refractivity contribution in [3.63, 3.8) is 0 Å². The maximum absolute atomic E-state index is 11.3. The van der Waals surface area contributed by atoms with Gasteiger partial charge in [-0.2, -0.15) is 0 Å². The molecular weight excluding hydrogens is 150 g/mol. The monoisotopic (exact) mass is 161 g/mol. The molecule has 0 aliphatic heterocycles. The lowest BCUT2D eigenvalue weighted by atomic mass is 10.1. The van der Waals surface area contributed by atoms with Crippen molar-refractivity contribution in [1.29, 1.82) is 0 Å². The summed E-state index contributed by atoms with van der Waals surface area (Å²) < 4.78 is 0. The van der Waals surface area contributed by atoms with Crippen LogP contribution in [0.4, 0.5) is 0 Å². The average molecular weight is 161 g/mol. The molecule has 1 rings (SSSR count). The Bertz CT molecular complexity index is 328. The third-order valence-corrected chi connectivity index (χ3v) is 1.54. The third-order valence-electron chi connectivity index (χ3n) is 1.54. The van der Waals surface area contributed by atoms with E-state index in [1.165, 1.54) is 0 Å². The summed E-state index contributed by atoms with van der Waals surface area (Å²) in [5.74, 6) is -0.0845. The van der Waals surface area contributed by atoms with Crippen LogP contribution in [0.15, 0.2) is 30.5 Å². The summed E-state index contributed by atoms with van der Waals surface area (Å²) in [6.07, 6.45) is 1.63. The summed E-state index contributed by atoms with van der Waals surface area (Å²) >= 11 is 0. The number of allylic oxidation sites excluding steroid dienone is 1. The predicted molar refractivity (Wildman–Crippen MR) is 48.1 cm³/mol. The molecule has 0 amide bonds. The number of nitrogens with zero attached hydrogens (tertiary/aromatic N) is 1. The summed E-state index contributed by atoms with van der Waals surface area (Å²) in [5, 5.41) is 0. The highest BCUT2D eigenvalue weighted by atomic mass is 16.1. The maximum Gasteiger partial charge on any atom is 0.206 e. The number of hydrogen-bond acceptors (Lipinski definition) is 2. The SMILES string of the molecule is C=C(C)C(=O)c1cc(C)ccn1. The predicted octanol–water partition coefficient (Wildman–Crippen LogP) is 2.15. The number of carbonyl (C=O) groups is 1. The Balaban J connectivity index is 3.04. The Morgan fingerprint density at radius 1 is 1.58 bits per heavy atom. The van der Waals surface area contributed by atoms with Crippen LogP contribution in [0.25, 0.3) is 0 Å². The molecule has 0 saturated carbocycles. The summed E-state index contributed by atoms with van der Waals surface area (Å²) in [7, 11) is 0. The molecule has 0 aliphatic rings. The van der Waals surface area contributed by atoms with E-state index in [9.17, 15) is 4.79 Å². The summed E-state index contributed by atoms with van der Waals surface area (Å²) in [4.78, 5) is 15.3. The third kappa shape index (κ3) is 1.78. The van der Waals surface area contributed by atoms with Crippen molar-refractivity contribution < 1.29 is 4.79 Å². The van der Waals surface area contributed by atoms with Crippen molar-refractivity contribution in [1.82, 2.24) is 4.98 Å². The van der Waals surface area contributed by atoms with Crippen LogP contribution in [0.1, 0.15) is 23.0 Å². The smallest absolute Gasteiger partial charge is 0.206 e. The molecule has 2 nitrogen and oxygen atoms in total. The number of carbonyl (C=O) groups excluding carboxylic acids is 1. The minimum absolute atomic E-state index is 0.0845. The van der Waals surface area contributed by atoms with Crippen molar-refractivity contribution in [3.05, 3.63) is 41.7 Å². The van der Waals surface area contributed by atoms with Crippen molar-refractivity contribution in [2.24, 2.45) is 0 Å². The second kappa shape index (κ2) is 3.30. The number of rotatable bonds is 2. The van der Waals surface area contributed by atoms with Crippen molar-refractivity contribution in [2.45, 2.75) is 13.8 Å². The Hall–Kier alpha value is -1.44. The average Bonchev–Trinajstić information content (AvgIpc) is 2.03. The molecule has 0 N–H and O–H groups in total. The van der Waals surface area contributed by atoms with Crippen LogP contribution in [-0.2, 0) is 0 Å². The lowest BCUT2D eigenvalue weighted by Crippen LogP contribution is -2.02. The van der Waals surface area contributed by atoms with Crippen LogP contribution in [0, 0.1) is 6.92 Å². The first kappa shape index (κ1) is 8.65. The molecule has 12 heavy (non-hydrogen) atoms. The van der Waals surface area contributed by atoms with Crippen LogP contribution in [0.2, 0.25) is 0 Å². The topological polar surface area (TPSA) is 30.0 Å². The zero-order valence-corrected chi connectivity index (χ0v) is 7.29. The molecule has 62 valence electrons. The Morgan fingerprint density at radius 3 is 2.75 bits per heavy atom. The molecule has 0 spiro atoms. The first-order chi connectivity index (χ1) is 5.61. The number of aromatic nitrogens is 1. The second-order valence-electron chi connectivity index (χ2n) is 2.83. The highest BCUT2D eigenvalue weighted by molar-refractivity contribution is 6.06. The van der Waals surface area contributed by atoms with E-state index in [1.807, 2.05) is 13.0 Å². The molecule has 0 radical (unpaired) electrons. The molecule has 2 heteroatoms. The molecule has 0 atom stereocenters. The van der Waals surface area contributed by atoms with Gasteiger partial charge in [0.1, 0.15) is 5.69 Å². The molecule has 1 heterocycles. The van der Waals surface area contributed by atoms with E-state index in [2.05, 4.69) is 11.6 Å². The molecule has 0 aliphatic carbocycles. The van der Waals surface area contributed by atoms with Gasteiger partial charge in [-0.3, -0.25) is 9.78 Å². The molecule has 0 fully saturated rings. The molecule has 0 unspecified atom stereocenters. The van der Waals surface area contributed by atoms with Crippen molar-refractivity contribution >= 4 is 5.78 Å². The lowest BCUT2D eigenvalue weighted by Gasteiger charge is -1.98. The van der Waals surface area contributed by atoms with Gasteiger partial charge in [-0.25, -0.2) is 0 Å². The lowest BCUT2D eigenvalue weighted by molar-refractivity contribution is 0.103. The van der Waals surface area contributed by atoms with E-state index in [0.717, 1.165) is 5.56 Å². The van der Waals surface area contributed by atoms with Crippen LogP contribution in [0.3, 0.4) is 0 Å². The van der Waals surface area contributed by atoms with Crippen molar-refractivity contribution in [3.8, 4) is 0 Å². The molecule has 0 aromatic carbocycles. The molecular formula is C10H11NO. The maximum atomic E-state index is 11.3. The molecule has 0 saturated heterocycles. The number of Topliss-reactive ketones (excluding diaryl/α,β-unsaturated/α-hetero) is 1. The fourth-order valence-corrected chi connectivity index (χ4v) is 0.879. The quantitative estimate of drug-likeness (QED) is 0.491. The summed E-state index contributed by atoms with van der Waals surface area (Å²) in [6.45, 7) is 7.19. The van der Waals surface area contributed by atoms with E-state index in [0.29, 0.717) is 11.3 Å². The van der Waals surface area contributed by atoms with Gasteiger partial charge in [-0.05, 0) is 37.1 Å². The standard InChI is InChI=1S/C10H11NO/c1-7(2)10(12)9-6-8(3)4-5-11-9/h4-6H,1H2,2-3H3. The highest BCUT2D eigenvalue weighted by Crippen LogP contribution is 2.05. The summed E-state index contributed by atoms with van der Waals surface area (Å²) in [6, 6.07) is 3.62. The first-order valence-corrected chi connectivity index (χ1v) is 3.74. The largest absolute Gasteiger partial charge is 0.287 e. The zero-order chi connectivity index (χ0) is 9.14. The van der Waals surface area contributed by atoms with E-state index in [4.69, 9.17) is 0 Å². The second-order valence-corrected chi connectivity index (χ2v) is 2.83. The van der Waals surface area contributed by atoms with Crippen molar-refractivity contribution in [2.75, 3.05) is 0 Å². The van der Waals surface area contributed by atoms with Crippen LogP contribution < -0.4 is 0 Å². The molecule has 1 aromatic rings. The minimum atomic E-state index is -0.0845. The van der Waals surface area contributed by atoms with E-state index >= 15 is 0 Å². The summed E-state index contributed by atoms with van der Waals surface area (Å²) in [5.41, 5.74) is 2.03. The van der Waals surface area contributed by atoms with E-state index in [1.54, 1.807) is 19.2 Å². The Morgan fingerprint density at radius 2 is 2.25 bits per heavy atom. The minimum Gasteiger partial charge on any atom is -0.287 e. The zero-order valence-electron chi connectivity index (χ0n) is 7.29. The first-order valence-electron chi connectivity index (χ1n) is 3.74. The van der Waals surface area contributed by atoms with Crippen LogP contribution in [0.5, 0.6) is 0 Å². The van der Waals surface area contributed by atoms with E-state index in [-0.39, 0.29) is 5.78 Å². The van der Waals surface area contributed by atoms with Crippen LogP contribution >= 0.6 is 0 Å². The molecule has 1 aromatic heterocycles. The number of hydrogen-bond donors (Lipinski definition) is 0. The Labute approximate surface area is 71.9 Å². The van der Waals surface area contributed by atoms with Crippen LogP contribution in [-0.4, -0.2) is 10.8 Å². The number of aryl methyl sites for hydroxylation is 1. The van der Waals surface area contributed by atoms with Gasteiger partial charge in [0.05, 0.1) is 0 Å². The van der Waals surface area contributed by atoms with E-state index < -0.39 is 0 Å². The number of pyridine rings is 1. The van der Waals surface area contributed by atoms with Gasteiger partial charge in [-0.1, -0.05) is 6.58 Å². The highest BCUT2D eigenvalue weighted by Gasteiger charge is 2.06. The fourth-order valence-electron chi connectivity index (χ4n) is 0.879. The molecule has 0 bridgehead atoms. The normalized spacial score (nSPS) is 9.50. The van der Waals surface area contributed by atoms with Gasteiger partial charge in [-0.15, -0.1) is 0 Å². The van der Waals surface area contributed by atoms with Gasteiger partial charge in [0.2, 0.25) is 5.78 Å². The van der Waals surface area contributed by atoms with Gasteiger partial charge in [0, 0.05) is 6.20 Å². The number of ketones is 1. The van der Waals surface area contributed by atoms with Gasteiger partial charge >= 0.3 is 0 Å². The Kier molecular flexibility index (Phi) is 2.38. The fraction of sp³-hybridized carbons (Fsp3) is 0.200. The van der Waals surface area contributed by atoms with Gasteiger partial charge < -0.3 is 0 Å². The van der Waals surface area contributed by atoms with Gasteiger partial charge in [0.15, 0.2) is 0 Å².